The van der Waals surface area contributed by atoms with E-state index >= 15 is 0 Å². The van der Waals surface area contributed by atoms with Crippen LogP contribution in [-0.4, -0.2) is 44.4 Å². The standard InChI is InChI=1S/C38H36O6P2/c1-39-38-36(44-46(31-23-13-5-14-24-31)32-25-15-6-16-26-32)35(34-33(41-38)27-40-37(42-34)28-17-7-2-8-18-28)43-45(29-19-9-3-10-20-29)30-21-11-4-12-22-30/h2-26,33-38H,27H2,1H3/t33-,34-,35+,36-,37?,38+/m1/s1. The third-order valence-corrected chi connectivity index (χ3v) is 12.0. The molecule has 1 unspecified atom stereocenters. The molecular formula is C38H36O6P2. The second-order valence-electron chi connectivity index (χ2n) is 11.0. The Labute approximate surface area is 272 Å². The van der Waals surface area contributed by atoms with Gasteiger partial charge in [0, 0.05) is 33.9 Å². The maximum absolute atomic E-state index is 7.34. The Morgan fingerprint density at radius 3 is 1.37 bits per heavy atom. The van der Waals surface area contributed by atoms with Crippen molar-refractivity contribution in [1.82, 2.24) is 0 Å². The lowest BCUT2D eigenvalue weighted by Gasteiger charge is -2.49. The lowest BCUT2D eigenvalue weighted by atomic mass is 9.98. The first-order valence-electron chi connectivity index (χ1n) is 15.4. The van der Waals surface area contributed by atoms with Crippen LogP contribution in [0.25, 0.3) is 0 Å². The second-order valence-corrected chi connectivity index (χ2v) is 14.7. The number of hydrogen-bond acceptors (Lipinski definition) is 6. The first-order valence-corrected chi connectivity index (χ1v) is 17.9. The smallest absolute Gasteiger partial charge is 0.186 e. The summed E-state index contributed by atoms with van der Waals surface area (Å²) >= 11 is 0. The maximum atomic E-state index is 7.34. The summed E-state index contributed by atoms with van der Waals surface area (Å²) in [5.74, 6) is 0. The predicted octanol–water partition coefficient (Wildman–Crippen LogP) is 6.34. The van der Waals surface area contributed by atoms with Gasteiger partial charge in [-0.15, -0.1) is 0 Å². The highest BCUT2D eigenvalue weighted by atomic mass is 31.1. The molecule has 2 saturated heterocycles. The summed E-state index contributed by atoms with van der Waals surface area (Å²) in [4.78, 5) is 0. The van der Waals surface area contributed by atoms with Crippen LogP contribution < -0.4 is 21.2 Å². The zero-order valence-electron chi connectivity index (χ0n) is 25.4. The predicted molar refractivity (Wildman–Crippen MR) is 184 cm³/mol. The molecule has 8 heteroatoms. The SMILES string of the molecule is CO[C@H]1O[C@@H]2COC(c3ccccc3)O[C@H]2[C@H](OP(c2ccccc2)c2ccccc2)[C@H]1OP(c1ccccc1)c1ccccc1. The Balaban J connectivity index is 1.31. The molecule has 5 aromatic carbocycles. The number of benzene rings is 5. The summed E-state index contributed by atoms with van der Waals surface area (Å²) in [5, 5.41) is 4.37. The number of hydrogen-bond donors (Lipinski definition) is 0. The minimum absolute atomic E-state index is 0.331. The molecule has 0 saturated carbocycles. The van der Waals surface area contributed by atoms with Crippen LogP contribution >= 0.6 is 16.3 Å². The normalized spacial score (nSPS) is 24.5. The first kappa shape index (κ1) is 31.3. The quantitative estimate of drug-likeness (QED) is 0.165. The fourth-order valence-electron chi connectivity index (χ4n) is 5.79. The van der Waals surface area contributed by atoms with Crippen molar-refractivity contribution in [3.05, 3.63) is 157 Å². The monoisotopic (exact) mass is 650 g/mol. The van der Waals surface area contributed by atoms with Crippen LogP contribution in [0.2, 0.25) is 0 Å². The van der Waals surface area contributed by atoms with Crippen LogP contribution in [0.5, 0.6) is 0 Å². The van der Waals surface area contributed by atoms with Crippen LogP contribution in [0.15, 0.2) is 152 Å². The van der Waals surface area contributed by atoms with E-state index in [0.29, 0.717) is 6.61 Å². The Morgan fingerprint density at radius 1 is 0.522 bits per heavy atom. The highest BCUT2D eigenvalue weighted by Gasteiger charge is 2.53. The van der Waals surface area contributed by atoms with Gasteiger partial charge in [0.15, 0.2) is 12.6 Å². The second kappa shape index (κ2) is 15.1. The molecule has 5 aromatic rings. The van der Waals surface area contributed by atoms with Gasteiger partial charge in [-0.2, -0.15) is 0 Å². The van der Waals surface area contributed by atoms with Crippen molar-refractivity contribution in [1.29, 1.82) is 0 Å². The molecule has 0 amide bonds. The van der Waals surface area contributed by atoms with Crippen molar-refractivity contribution in [2.24, 2.45) is 0 Å². The van der Waals surface area contributed by atoms with Crippen molar-refractivity contribution in [2.75, 3.05) is 13.7 Å². The average molecular weight is 651 g/mol. The summed E-state index contributed by atoms with van der Waals surface area (Å²) in [7, 11) is -0.876. The molecule has 0 spiro atoms. The van der Waals surface area contributed by atoms with E-state index in [-0.39, 0.29) is 0 Å². The van der Waals surface area contributed by atoms with E-state index in [1.807, 2.05) is 78.9 Å². The fourth-order valence-corrected chi connectivity index (χ4v) is 9.59. The molecule has 6 nitrogen and oxygen atoms in total. The summed E-state index contributed by atoms with van der Waals surface area (Å²) in [6.07, 6.45) is -3.37. The fraction of sp³-hybridized carbons (Fsp3) is 0.211. The number of rotatable bonds is 10. The molecule has 0 bridgehead atoms. The van der Waals surface area contributed by atoms with Crippen LogP contribution in [0, 0.1) is 0 Å². The van der Waals surface area contributed by atoms with Gasteiger partial charge in [0.05, 0.1) is 22.9 Å². The Hall–Kier alpha value is -3.28. The van der Waals surface area contributed by atoms with Gasteiger partial charge in [-0.05, 0) is 0 Å². The van der Waals surface area contributed by atoms with Crippen molar-refractivity contribution in [3.63, 3.8) is 0 Å². The molecule has 0 aromatic heterocycles. The lowest BCUT2D eigenvalue weighted by molar-refractivity contribution is -0.350. The molecular weight excluding hydrogens is 614 g/mol. The highest BCUT2D eigenvalue weighted by molar-refractivity contribution is 7.69. The van der Waals surface area contributed by atoms with Crippen molar-refractivity contribution in [2.45, 2.75) is 37.0 Å². The number of ether oxygens (including phenoxy) is 4. The van der Waals surface area contributed by atoms with Gasteiger partial charge >= 0.3 is 0 Å². The first-order chi connectivity index (χ1) is 22.8. The van der Waals surface area contributed by atoms with Crippen LogP contribution in [-0.2, 0) is 28.0 Å². The largest absolute Gasteiger partial charge is 0.353 e. The molecule has 0 radical (unpaired) electrons. The van der Waals surface area contributed by atoms with E-state index in [4.69, 9.17) is 28.0 Å². The van der Waals surface area contributed by atoms with Gasteiger partial charge in [0.2, 0.25) is 0 Å². The van der Waals surface area contributed by atoms with Gasteiger partial charge in [-0.1, -0.05) is 152 Å². The molecule has 2 heterocycles. The van der Waals surface area contributed by atoms with Gasteiger partial charge in [-0.25, -0.2) is 0 Å². The van der Waals surface area contributed by atoms with Crippen molar-refractivity contribution < 1.29 is 28.0 Å². The lowest BCUT2D eigenvalue weighted by Crippen LogP contribution is -2.63. The summed E-state index contributed by atoms with van der Waals surface area (Å²) in [6, 6.07) is 51.4. The molecule has 234 valence electrons. The third kappa shape index (κ3) is 7.01. The zero-order valence-corrected chi connectivity index (χ0v) is 27.2. The van der Waals surface area contributed by atoms with Gasteiger partial charge in [0.1, 0.15) is 24.4 Å². The third-order valence-electron chi connectivity index (χ3n) is 8.00. The molecule has 0 aliphatic carbocycles. The topological polar surface area (TPSA) is 55.4 Å². The van der Waals surface area contributed by atoms with E-state index in [9.17, 15) is 0 Å². The van der Waals surface area contributed by atoms with Gasteiger partial charge in [-0.3, -0.25) is 0 Å². The minimum atomic E-state index is -1.27. The van der Waals surface area contributed by atoms with E-state index in [1.165, 1.54) is 0 Å². The number of methoxy groups -OCH3 is 1. The minimum Gasteiger partial charge on any atom is -0.353 e. The average Bonchev–Trinajstić information content (AvgIpc) is 3.14. The van der Waals surface area contributed by atoms with Crippen LogP contribution in [0.1, 0.15) is 11.9 Å². The zero-order chi connectivity index (χ0) is 31.1. The van der Waals surface area contributed by atoms with Crippen LogP contribution in [0.4, 0.5) is 0 Å². The Bertz CT molecular complexity index is 1550. The van der Waals surface area contributed by atoms with Crippen molar-refractivity contribution in [3.8, 4) is 0 Å². The Morgan fingerprint density at radius 2 is 0.935 bits per heavy atom. The maximum Gasteiger partial charge on any atom is 0.186 e. The molecule has 0 N–H and O–H groups in total. The van der Waals surface area contributed by atoms with Gasteiger partial charge in [0.25, 0.3) is 0 Å². The Kier molecular flexibility index (Phi) is 10.3. The van der Waals surface area contributed by atoms with Crippen molar-refractivity contribution >= 4 is 37.5 Å². The molecule has 6 atom stereocenters. The molecule has 2 aliphatic rings. The molecule has 2 aliphatic heterocycles. The van der Waals surface area contributed by atoms with E-state index < -0.39 is 53.3 Å². The molecule has 46 heavy (non-hydrogen) atoms. The van der Waals surface area contributed by atoms with Crippen LogP contribution in [0.3, 0.4) is 0 Å². The van der Waals surface area contributed by atoms with E-state index in [1.54, 1.807) is 7.11 Å². The summed E-state index contributed by atoms with van der Waals surface area (Å²) < 4.78 is 40.2. The van der Waals surface area contributed by atoms with Gasteiger partial charge < -0.3 is 28.0 Å². The number of fused-ring (bicyclic) bond motifs is 1. The highest BCUT2D eigenvalue weighted by Crippen LogP contribution is 2.47. The van der Waals surface area contributed by atoms with E-state index in [0.717, 1.165) is 26.8 Å². The molecule has 2 fully saturated rings. The summed E-state index contributed by atoms with van der Waals surface area (Å²) in [6.45, 7) is 0.331. The molecule has 7 rings (SSSR count). The van der Waals surface area contributed by atoms with E-state index in [2.05, 4.69) is 72.8 Å². The summed E-state index contributed by atoms with van der Waals surface area (Å²) in [5.41, 5.74) is 0.940.